The lowest BCUT2D eigenvalue weighted by atomic mass is 10.3. The Balaban J connectivity index is 1.90. The number of amides is 1. The third kappa shape index (κ3) is 3.75. The number of pyridine rings is 1. The Morgan fingerprint density at radius 3 is 3.00 bits per heavy atom. The zero-order chi connectivity index (χ0) is 13.7. The number of carbonyl (C=O) groups is 1. The van der Waals surface area contributed by atoms with Gasteiger partial charge in [0.2, 0.25) is 0 Å². The first kappa shape index (κ1) is 13.5. The van der Waals surface area contributed by atoms with E-state index in [1.807, 2.05) is 18.4 Å². The molecule has 2 N–H and O–H groups in total. The third-order valence-electron chi connectivity index (χ3n) is 2.55. The zero-order valence-corrected chi connectivity index (χ0v) is 11.8. The molecule has 19 heavy (non-hydrogen) atoms. The summed E-state index contributed by atoms with van der Waals surface area (Å²) >= 11 is 1.67. The van der Waals surface area contributed by atoms with Crippen LogP contribution < -0.4 is 10.6 Å². The number of aromatic nitrogens is 2. The maximum Gasteiger partial charge on any atom is 0.269 e. The van der Waals surface area contributed by atoms with Gasteiger partial charge in [-0.05, 0) is 19.1 Å². The van der Waals surface area contributed by atoms with Gasteiger partial charge in [-0.3, -0.25) is 9.78 Å². The number of hydrogen-bond donors (Lipinski definition) is 2. The Morgan fingerprint density at radius 1 is 1.47 bits per heavy atom. The van der Waals surface area contributed by atoms with E-state index >= 15 is 0 Å². The summed E-state index contributed by atoms with van der Waals surface area (Å²) in [5, 5.41) is 8.99. The predicted octanol–water partition coefficient (Wildman–Crippen LogP) is 1.86. The van der Waals surface area contributed by atoms with Crippen LogP contribution in [0.1, 0.15) is 21.2 Å². The van der Waals surface area contributed by atoms with E-state index in [1.165, 1.54) is 0 Å². The summed E-state index contributed by atoms with van der Waals surface area (Å²) < 4.78 is 0. The lowest BCUT2D eigenvalue weighted by molar-refractivity contribution is 0.0958. The summed E-state index contributed by atoms with van der Waals surface area (Å²) in [4.78, 5) is 19.9. The molecule has 0 aliphatic heterocycles. The van der Waals surface area contributed by atoms with Gasteiger partial charge >= 0.3 is 0 Å². The topological polar surface area (TPSA) is 66.9 Å². The molecular formula is C13H16N4OS. The van der Waals surface area contributed by atoms with Gasteiger partial charge in [0.05, 0.1) is 5.01 Å². The highest BCUT2D eigenvalue weighted by Crippen LogP contribution is 2.11. The van der Waals surface area contributed by atoms with Crippen molar-refractivity contribution in [1.82, 2.24) is 15.3 Å². The lowest BCUT2D eigenvalue weighted by Gasteiger charge is -2.06. The Labute approximate surface area is 116 Å². The van der Waals surface area contributed by atoms with Gasteiger partial charge in [-0.15, -0.1) is 11.3 Å². The number of rotatable bonds is 5. The molecule has 2 rings (SSSR count). The summed E-state index contributed by atoms with van der Waals surface area (Å²) in [6, 6.07) is 3.59. The molecule has 6 heteroatoms. The minimum absolute atomic E-state index is 0.181. The zero-order valence-electron chi connectivity index (χ0n) is 10.9. The van der Waals surface area contributed by atoms with Gasteiger partial charge in [0.1, 0.15) is 5.69 Å². The van der Waals surface area contributed by atoms with Crippen molar-refractivity contribution in [1.29, 1.82) is 0 Å². The molecule has 0 atom stereocenters. The highest BCUT2D eigenvalue weighted by molar-refractivity contribution is 7.09. The molecule has 0 unspecified atom stereocenters. The second kappa shape index (κ2) is 6.29. The number of hydrogen-bond acceptors (Lipinski definition) is 5. The van der Waals surface area contributed by atoms with Gasteiger partial charge in [0, 0.05) is 43.0 Å². The highest BCUT2D eigenvalue weighted by Gasteiger charge is 2.05. The normalized spacial score (nSPS) is 10.2. The molecular weight excluding hydrogens is 260 g/mol. The minimum atomic E-state index is -0.181. The summed E-state index contributed by atoms with van der Waals surface area (Å²) in [5.74, 6) is -0.181. The molecule has 0 aliphatic carbocycles. The summed E-state index contributed by atoms with van der Waals surface area (Å²) in [6.45, 7) is 2.77. The van der Waals surface area contributed by atoms with Crippen LogP contribution in [0.25, 0.3) is 0 Å². The molecule has 0 radical (unpaired) electrons. The van der Waals surface area contributed by atoms with Crippen LogP contribution in [0.3, 0.4) is 0 Å². The molecule has 2 aromatic heterocycles. The van der Waals surface area contributed by atoms with Crippen molar-refractivity contribution >= 4 is 22.9 Å². The first-order chi connectivity index (χ1) is 9.19. The Kier molecular flexibility index (Phi) is 4.46. The summed E-state index contributed by atoms with van der Waals surface area (Å²) in [5.41, 5.74) is 2.37. The maximum absolute atomic E-state index is 11.5. The number of nitrogens with one attached hydrogen (secondary N) is 2. The van der Waals surface area contributed by atoms with Crippen molar-refractivity contribution in [3.63, 3.8) is 0 Å². The van der Waals surface area contributed by atoms with Crippen molar-refractivity contribution < 1.29 is 4.79 Å². The fourth-order valence-corrected chi connectivity index (χ4v) is 2.40. The fourth-order valence-electron chi connectivity index (χ4n) is 1.62. The van der Waals surface area contributed by atoms with Gasteiger partial charge in [-0.2, -0.15) is 0 Å². The highest BCUT2D eigenvalue weighted by atomic mass is 32.1. The Hall–Kier alpha value is -1.95. The number of aryl methyl sites for hydroxylation is 1. The molecule has 0 saturated heterocycles. The van der Waals surface area contributed by atoms with Crippen LogP contribution in [0.4, 0.5) is 5.69 Å². The standard InChI is InChI=1S/C13H16N4OS/c1-9-8-19-12(17-9)4-6-15-10-3-5-16-11(7-10)13(18)14-2/h3,5,7-8H,4,6H2,1-2H3,(H,14,18)(H,15,16). The van der Waals surface area contributed by atoms with Crippen molar-refractivity contribution in [2.45, 2.75) is 13.3 Å². The van der Waals surface area contributed by atoms with Crippen LogP contribution in [-0.4, -0.2) is 29.5 Å². The quantitative estimate of drug-likeness (QED) is 0.874. The average molecular weight is 276 g/mol. The first-order valence-electron chi connectivity index (χ1n) is 6.02. The second-order valence-electron chi connectivity index (χ2n) is 4.07. The van der Waals surface area contributed by atoms with E-state index in [0.29, 0.717) is 5.69 Å². The number of thiazole rings is 1. The molecule has 0 aromatic carbocycles. The molecule has 0 aliphatic rings. The van der Waals surface area contributed by atoms with Crippen LogP contribution >= 0.6 is 11.3 Å². The van der Waals surface area contributed by atoms with Crippen molar-refractivity contribution in [3.05, 3.63) is 40.1 Å². The average Bonchev–Trinajstić information content (AvgIpc) is 2.84. The molecule has 0 fully saturated rings. The van der Waals surface area contributed by atoms with E-state index in [0.717, 1.165) is 29.4 Å². The monoisotopic (exact) mass is 276 g/mol. The van der Waals surface area contributed by atoms with Gasteiger partial charge in [0.25, 0.3) is 5.91 Å². The van der Waals surface area contributed by atoms with E-state index in [-0.39, 0.29) is 5.91 Å². The van der Waals surface area contributed by atoms with E-state index in [9.17, 15) is 4.79 Å². The van der Waals surface area contributed by atoms with Crippen LogP contribution in [0.5, 0.6) is 0 Å². The van der Waals surface area contributed by atoms with Crippen LogP contribution in [0.15, 0.2) is 23.7 Å². The van der Waals surface area contributed by atoms with Crippen LogP contribution in [0.2, 0.25) is 0 Å². The molecule has 0 spiro atoms. The van der Waals surface area contributed by atoms with Gasteiger partial charge in [0.15, 0.2) is 0 Å². The molecule has 2 heterocycles. The minimum Gasteiger partial charge on any atom is -0.385 e. The van der Waals surface area contributed by atoms with Crippen molar-refractivity contribution in [2.75, 3.05) is 18.9 Å². The smallest absolute Gasteiger partial charge is 0.269 e. The third-order valence-corrected chi connectivity index (χ3v) is 3.58. The van der Waals surface area contributed by atoms with Gasteiger partial charge in [-0.25, -0.2) is 4.98 Å². The van der Waals surface area contributed by atoms with Crippen LogP contribution in [-0.2, 0) is 6.42 Å². The molecule has 2 aromatic rings. The van der Waals surface area contributed by atoms with Crippen molar-refractivity contribution in [2.24, 2.45) is 0 Å². The number of anilines is 1. The molecule has 5 nitrogen and oxygen atoms in total. The summed E-state index contributed by atoms with van der Waals surface area (Å²) in [7, 11) is 1.59. The predicted molar refractivity (Wildman–Crippen MR) is 76.7 cm³/mol. The van der Waals surface area contributed by atoms with E-state index < -0.39 is 0 Å². The lowest BCUT2D eigenvalue weighted by Crippen LogP contribution is -2.19. The molecule has 1 amide bonds. The number of carbonyl (C=O) groups excluding carboxylic acids is 1. The number of nitrogens with zero attached hydrogens (tertiary/aromatic N) is 2. The van der Waals surface area contributed by atoms with E-state index in [4.69, 9.17) is 0 Å². The first-order valence-corrected chi connectivity index (χ1v) is 6.90. The van der Waals surface area contributed by atoms with Crippen LogP contribution in [0, 0.1) is 6.92 Å². The maximum atomic E-state index is 11.5. The molecule has 100 valence electrons. The second-order valence-corrected chi connectivity index (χ2v) is 5.01. The van der Waals surface area contributed by atoms with Crippen molar-refractivity contribution in [3.8, 4) is 0 Å². The SMILES string of the molecule is CNC(=O)c1cc(NCCc2nc(C)cs2)ccn1. The molecule has 0 saturated carbocycles. The largest absolute Gasteiger partial charge is 0.385 e. The Morgan fingerprint density at radius 2 is 2.32 bits per heavy atom. The van der Waals surface area contributed by atoms with Gasteiger partial charge in [-0.1, -0.05) is 0 Å². The molecule has 0 bridgehead atoms. The van der Waals surface area contributed by atoms with E-state index in [2.05, 4.69) is 20.6 Å². The fraction of sp³-hybridized carbons (Fsp3) is 0.308. The Bertz CT molecular complexity index is 567. The van der Waals surface area contributed by atoms with Gasteiger partial charge < -0.3 is 10.6 Å². The summed E-state index contributed by atoms with van der Waals surface area (Å²) in [6.07, 6.45) is 2.50. The van der Waals surface area contributed by atoms with E-state index in [1.54, 1.807) is 30.6 Å².